The minimum atomic E-state index is -0.791. The number of phenolic OH excluding ortho intramolecular Hbond substituents is 1. The van der Waals surface area contributed by atoms with Gasteiger partial charge in [0.1, 0.15) is 11.8 Å². The van der Waals surface area contributed by atoms with E-state index in [9.17, 15) is 14.7 Å². The van der Waals surface area contributed by atoms with E-state index in [1.54, 1.807) is 43.3 Å². The van der Waals surface area contributed by atoms with Crippen molar-refractivity contribution in [3.63, 3.8) is 0 Å². The van der Waals surface area contributed by atoms with Gasteiger partial charge in [0.25, 0.3) is 11.8 Å². The monoisotopic (exact) mass is 497 g/mol. The molecule has 0 aliphatic heterocycles. The van der Waals surface area contributed by atoms with Gasteiger partial charge in [0.2, 0.25) is 0 Å². The highest BCUT2D eigenvalue weighted by Crippen LogP contribution is 2.31. The van der Waals surface area contributed by atoms with Crippen LogP contribution in [0.5, 0.6) is 17.2 Å². The van der Waals surface area contributed by atoms with Crippen LogP contribution in [0.2, 0.25) is 0 Å². The molecule has 28 heavy (non-hydrogen) atoms. The quantitative estimate of drug-likeness (QED) is 0.309. The second kappa shape index (κ2) is 9.93. The molecule has 0 aliphatic rings. The van der Waals surface area contributed by atoms with Crippen molar-refractivity contribution in [1.82, 2.24) is 10.7 Å². The SMILES string of the molecule is COc1ccc(C(=O)NC(C)C(=O)N/N=C/c2cc(I)c(O)c(OC)c2)cc1. The van der Waals surface area contributed by atoms with E-state index < -0.39 is 11.9 Å². The van der Waals surface area contributed by atoms with Gasteiger partial charge in [-0.25, -0.2) is 5.43 Å². The van der Waals surface area contributed by atoms with Crippen LogP contribution in [-0.4, -0.2) is 43.4 Å². The first kappa shape index (κ1) is 21.5. The molecule has 0 saturated carbocycles. The van der Waals surface area contributed by atoms with Crippen LogP contribution in [-0.2, 0) is 4.79 Å². The molecule has 0 aromatic heterocycles. The third kappa shape index (κ3) is 5.59. The van der Waals surface area contributed by atoms with E-state index in [0.717, 1.165) is 0 Å². The number of hydrogen-bond donors (Lipinski definition) is 3. The molecule has 0 aliphatic carbocycles. The molecular formula is C19H20IN3O5. The van der Waals surface area contributed by atoms with Crippen molar-refractivity contribution in [2.75, 3.05) is 14.2 Å². The summed E-state index contributed by atoms with van der Waals surface area (Å²) >= 11 is 1.96. The number of rotatable bonds is 7. The summed E-state index contributed by atoms with van der Waals surface area (Å²) < 4.78 is 10.7. The number of nitrogens with zero attached hydrogens (tertiary/aromatic N) is 1. The molecule has 9 heteroatoms. The van der Waals surface area contributed by atoms with E-state index in [1.165, 1.54) is 20.4 Å². The molecule has 2 rings (SSSR count). The average molecular weight is 497 g/mol. The lowest BCUT2D eigenvalue weighted by atomic mass is 10.2. The number of aromatic hydroxyl groups is 1. The predicted octanol–water partition coefficient (Wildman–Crippen LogP) is 2.28. The Labute approximate surface area is 176 Å². The maximum atomic E-state index is 12.2. The first-order valence-corrected chi connectivity index (χ1v) is 9.28. The van der Waals surface area contributed by atoms with E-state index in [-0.39, 0.29) is 11.7 Å². The zero-order valence-corrected chi connectivity index (χ0v) is 17.7. The molecule has 0 spiro atoms. The lowest BCUT2D eigenvalue weighted by Gasteiger charge is -2.12. The van der Waals surface area contributed by atoms with Crippen molar-refractivity contribution >= 4 is 40.6 Å². The minimum absolute atomic E-state index is 0.0409. The van der Waals surface area contributed by atoms with Gasteiger partial charge in [-0.2, -0.15) is 5.10 Å². The summed E-state index contributed by atoms with van der Waals surface area (Å²) in [4.78, 5) is 24.3. The van der Waals surface area contributed by atoms with Crippen molar-refractivity contribution in [2.45, 2.75) is 13.0 Å². The van der Waals surface area contributed by atoms with E-state index in [1.807, 2.05) is 22.6 Å². The standard InChI is InChI=1S/C19H20IN3O5/c1-11(22-19(26)13-4-6-14(27-2)7-5-13)18(25)23-21-10-12-8-15(20)17(24)16(9-12)28-3/h4-11,24H,1-3H3,(H,22,26)(H,23,25)/b21-10+. The highest BCUT2D eigenvalue weighted by Gasteiger charge is 2.16. The normalized spacial score (nSPS) is 11.7. The van der Waals surface area contributed by atoms with Gasteiger partial charge < -0.3 is 19.9 Å². The fraction of sp³-hybridized carbons (Fsp3) is 0.211. The van der Waals surface area contributed by atoms with Crippen molar-refractivity contribution < 1.29 is 24.2 Å². The molecular weight excluding hydrogens is 477 g/mol. The van der Waals surface area contributed by atoms with Gasteiger partial charge in [0.15, 0.2) is 11.5 Å². The van der Waals surface area contributed by atoms with E-state index >= 15 is 0 Å². The van der Waals surface area contributed by atoms with Gasteiger partial charge in [-0.15, -0.1) is 0 Å². The Morgan fingerprint density at radius 3 is 2.46 bits per heavy atom. The highest BCUT2D eigenvalue weighted by molar-refractivity contribution is 14.1. The number of phenols is 1. The first-order valence-electron chi connectivity index (χ1n) is 8.20. The number of ether oxygens (including phenoxy) is 2. The fourth-order valence-corrected chi connectivity index (χ4v) is 2.80. The number of halogens is 1. The van der Waals surface area contributed by atoms with E-state index in [4.69, 9.17) is 9.47 Å². The van der Waals surface area contributed by atoms with Crippen LogP contribution >= 0.6 is 22.6 Å². The second-order valence-electron chi connectivity index (χ2n) is 5.71. The summed E-state index contributed by atoms with van der Waals surface area (Å²) in [5.74, 6) is 0.127. The Bertz CT molecular complexity index is 884. The average Bonchev–Trinajstić information content (AvgIpc) is 2.70. The van der Waals surface area contributed by atoms with Gasteiger partial charge in [0.05, 0.1) is 24.0 Å². The molecule has 2 amide bonds. The molecule has 1 unspecified atom stereocenters. The Morgan fingerprint density at radius 1 is 1.18 bits per heavy atom. The van der Waals surface area contributed by atoms with Crippen molar-refractivity contribution in [3.05, 3.63) is 51.1 Å². The number of methoxy groups -OCH3 is 2. The summed E-state index contributed by atoms with van der Waals surface area (Å²) in [5, 5.41) is 16.3. The number of benzene rings is 2. The summed E-state index contributed by atoms with van der Waals surface area (Å²) in [7, 11) is 2.98. The lowest BCUT2D eigenvalue weighted by Crippen LogP contribution is -2.43. The van der Waals surface area contributed by atoms with Crippen molar-refractivity contribution in [3.8, 4) is 17.2 Å². The van der Waals surface area contributed by atoms with Crippen LogP contribution < -0.4 is 20.2 Å². The Kier molecular flexibility index (Phi) is 7.61. The zero-order valence-electron chi connectivity index (χ0n) is 15.5. The molecule has 0 fully saturated rings. The first-order chi connectivity index (χ1) is 13.3. The molecule has 0 saturated heterocycles. The van der Waals surface area contributed by atoms with Crippen LogP contribution in [0.3, 0.4) is 0 Å². The van der Waals surface area contributed by atoms with Crippen molar-refractivity contribution in [1.29, 1.82) is 0 Å². The summed E-state index contributed by atoms with van der Waals surface area (Å²) in [6.45, 7) is 1.55. The number of hydrogen-bond acceptors (Lipinski definition) is 6. The number of amides is 2. The van der Waals surface area contributed by atoms with Gasteiger partial charge >= 0.3 is 0 Å². The molecule has 2 aromatic carbocycles. The Hall–Kier alpha value is -2.82. The molecule has 8 nitrogen and oxygen atoms in total. The van der Waals surface area contributed by atoms with Crippen LogP contribution in [0, 0.1) is 3.57 Å². The van der Waals surface area contributed by atoms with Crippen molar-refractivity contribution in [2.24, 2.45) is 5.10 Å². The molecule has 148 valence electrons. The number of carbonyl (C=O) groups excluding carboxylic acids is 2. The Morgan fingerprint density at radius 2 is 1.86 bits per heavy atom. The van der Waals surface area contributed by atoms with Crippen LogP contribution in [0.4, 0.5) is 0 Å². The van der Waals surface area contributed by atoms with Gasteiger partial charge in [0, 0.05) is 5.56 Å². The maximum absolute atomic E-state index is 12.2. The molecule has 3 N–H and O–H groups in total. The van der Waals surface area contributed by atoms with Crippen LogP contribution in [0.25, 0.3) is 0 Å². The zero-order chi connectivity index (χ0) is 20.7. The van der Waals surface area contributed by atoms with Crippen LogP contribution in [0.1, 0.15) is 22.8 Å². The smallest absolute Gasteiger partial charge is 0.262 e. The maximum Gasteiger partial charge on any atom is 0.262 e. The predicted molar refractivity (Wildman–Crippen MR) is 113 cm³/mol. The Balaban J connectivity index is 1.94. The second-order valence-corrected chi connectivity index (χ2v) is 6.87. The molecule has 0 radical (unpaired) electrons. The van der Waals surface area contributed by atoms with Gasteiger partial charge in [-0.05, 0) is 71.5 Å². The molecule has 2 aromatic rings. The molecule has 0 heterocycles. The summed E-state index contributed by atoms with van der Waals surface area (Å²) in [6.07, 6.45) is 1.42. The fourth-order valence-electron chi connectivity index (χ4n) is 2.18. The number of carbonyl (C=O) groups is 2. The third-order valence-corrected chi connectivity index (χ3v) is 4.57. The minimum Gasteiger partial charge on any atom is -0.504 e. The van der Waals surface area contributed by atoms with Crippen LogP contribution in [0.15, 0.2) is 41.5 Å². The largest absolute Gasteiger partial charge is 0.504 e. The molecule has 1 atom stereocenters. The van der Waals surface area contributed by atoms with E-state index in [2.05, 4.69) is 15.8 Å². The summed E-state index contributed by atoms with van der Waals surface area (Å²) in [5.41, 5.74) is 3.41. The molecule has 0 bridgehead atoms. The van der Waals surface area contributed by atoms with E-state index in [0.29, 0.717) is 26.2 Å². The number of hydrazone groups is 1. The topological polar surface area (TPSA) is 109 Å². The lowest BCUT2D eigenvalue weighted by molar-refractivity contribution is -0.122. The highest BCUT2D eigenvalue weighted by atomic mass is 127. The van der Waals surface area contributed by atoms with Gasteiger partial charge in [-0.1, -0.05) is 0 Å². The summed E-state index contributed by atoms with van der Waals surface area (Å²) in [6, 6.07) is 9.02. The van der Waals surface area contributed by atoms with Gasteiger partial charge in [-0.3, -0.25) is 9.59 Å². The number of nitrogens with one attached hydrogen (secondary N) is 2. The third-order valence-electron chi connectivity index (χ3n) is 3.75.